The second kappa shape index (κ2) is 6.52. The second-order valence-electron chi connectivity index (χ2n) is 5.65. The number of nitrogen functional groups attached to an aromatic ring is 1. The summed E-state index contributed by atoms with van der Waals surface area (Å²) in [5, 5.41) is 3.28. The Morgan fingerprint density at radius 2 is 2.14 bits per heavy atom. The SMILES string of the molecule is CCC1(CC)CC(Nc2cc(OC)c(N)cc2F)CCO1. The number of ether oxygens (including phenoxy) is 2. The van der Waals surface area contributed by atoms with Gasteiger partial charge < -0.3 is 20.5 Å². The van der Waals surface area contributed by atoms with E-state index in [9.17, 15) is 4.39 Å². The van der Waals surface area contributed by atoms with E-state index in [0.717, 1.165) is 25.7 Å². The number of hydrogen-bond donors (Lipinski definition) is 2. The molecule has 1 saturated heterocycles. The fourth-order valence-corrected chi connectivity index (χ4v) is 2.97. The topological polar surface area (TPSA) is 56.5 Å². The van der Waals surface area contributed by atoms with Gasteiger partial charge in [-0.25, -0.2) is 4.39 Å². The van der Waals surface area contributed by atoms with Crippen molar-refractivity contribution >= 4 is 11.4 Å². The van der Waals surface area contributed by atoms with Crippen LogP contribution in [0.4, 0.5) is 15.8 Å². The highest BCUT2D eigenvalue weighted by atomic mass is 19.1. The third-order valence-electron chi connectivity index (χ3n) is 4.46. The maximum atomic E-state index is 14.0. The smallest absolute Gasteiger partial charge is 0.148 e. The molecule has 118 valence electrons. The molecule has 5 heteroatoms. The van der Waals surface area contributed by atoms with Gasteiger partial charge in [0.15, 0.2) is 0 Å². The average molecular weight is 296 g/mol. The summed E-state index contributed by atoms with van der Waals surface area (Å²) < 4.78 is 25.2. The van der Waals surface area contributed by atoms with Crippen molar-refractivity contribution in [3.8, 4) is 5.75 Å². The first kappa shape index (κ1) is 15.9. The predicted molar refractivity (Wildman–Crippen MR) is 83.3 cm³/mol. The Morgan fingerprint density at radius 1 is 1.43 bits per heavy atom. The summed E-state index contributed by atoms with van der Waals surface area (Å²) >= 11 is 0. The van der Waals surface area contributed by atoms with E-state index in [1.54, 1.807) is 6.07 Å². The van der Waals surface area contributed by atoms with E-state index in [4.69, 9.17) is 15.2 Å². The summed E-state index contributed by atoms with van der Waals surface area (Å²) in [7, 11) is 1.53. The highest BCUT2D eigenvalue weighted by Crippen LogP contribution is 2.34. The third kappa shape index (κ3) is 3.40. The van der Waals surface area contributed by atoms with E-state index in [-0.39, 0.29) is 17.5 Å². The zero-order chi connectivity index (χ0) is 15.5. The van der Waals surface area contributed by atoms with Crippen LogP contribution in [0.15, 0.2) is 12.1 Å². The number of nitrogens with two attached hydrogens (primary N) is 1. The molecule has 0 amide bonds. The molecule has 0 radical (unpaired) electrons. The number of halogens is 1. The minimum atomic E-state index is -0.349. The van der Waals surface area contributed by atoms with Gasteiger partial charge in [-0.3, -0.25) is 0 Å². The van der Waals surface area contributed by atoms with Crippen LogP contribution in [0.2, 0.25) is 0 Å². The highest BCUT2D eigenvalue weighted by Gasteiger charge is 2.34. The molecule has 2 rings (SSSR count). The first-order valence-corrected chi connectivity index (χ1v) is 7.57. The van der Waals surface area contributed by atoms with Crippen molar-refractivity contribution in [2.45, 2.75) is 51.2 Å². The van der Waals surface area contributed by atoms with Gasteiger partial charge in [0.2, 0.25) is 0 Å². The lowest BCUT2D eigenvalue weighted by atomic mass is 9.86. The molecule has 1 atom stereocenters. The number of methoxy groups -OCH3 is 1. The first-order chi connectivity index (χ1) is 10.0. The Labute approximate surface area is 125 Å². The zero-order valence-corrected chi connectivity index (χ0v) is 13.0. The predicted octanol–water partition coefficient (Wildman–Crippen LogP) is 3.57. The van der Waals surface area contributed by atoms with Crippen LogP contribution in [0.5, 0.6) is 5.75 Å². The maximum absolute atomic E-state index is 14.0. The van der Waals surface area contributed by atoms with Gasteiger partial charge in [-0.15, -0.1) is 0 Å². The van der Waals surface area contributed by atoms with Crippen LogP contribution in [0.25, 0.3) is 0 Å². The van der Waals surface area contributed by atoms with Crippen LogP contribution in [0.1, 0.15) is 39.5 Å². The van der Waals surface area contributed by atoms with Crippen LogP contribution in [0, 0.1) is 5.82 Å². The largest absolute Gasteiger partial charge is 0.495 e. The minimum absolute atomic E-state index is 0.0930. The van der Waals surface area contributed by atoms with Gasteiger partial charge in [0.25, 0.3) is 0 Å². The molecule has 1 aliphatic heterocycles. The quantitative estimate of drug-likeness (QED) is 0.816. The van der Waals surface area contributed by atoms with Gasteiger partial charge in [0, 0.05) is 24.8 Å². The molecule has 4 nitrogen and oxygen atoms in total. The van der Waals surface area contributed by atoms with Gasteiger partial charge in [0.05, 0.1) is 24.1 Å². The lowest BCUT2D eigenvalue weighted by molar-refractivity contribution is -0.0864. The Morgan fingerprint density at radius 3 is 2.76 bits per heavy atom. The number of rotatable bonds is 5. The van der Waals surface area contributed by atoms with Crippen molar-refractivity contribution in [2.24, 2.45) is 0 Å². The minimum Gasteiger partial charge on any atom is -0.495 e. The second-order valence-corrected chi connectivity index (χ2v) is 5.65. The average Bonchev–Trinajstić information content (AvgIpc) is 2.50. The summed E-state index contributed by atoms with van der Waals surface area (Å²) in [6, 6.07) is 3.12. The molecule has 0 spiro atoms. The number of anilines is 2. The van der Waals surface area contributed by atoms with E-state index in [1.165, 1.54) is 13.2 Å². The van der Waals surface area contributed by atoms with Gasteiger partial charge in [0.1, 0.15) is 11.6 Å². The van der Waals surface area contributed by atoms with E-state index < -0.39 is 0 Å². The summed E-state index contributed by atoms with van der Waals surface area (Å²) in [6.45, 7) is 4.98. The molecule has 0 aromatic heterocycles. The Kier molecular flexibility index (Phi) is 4.93. The van der Waals surface area contributed by atoms with Crippen LogP contribution in [0.3, 0.4) is 0 Å². The molecule has 1 unspecified atom stereocenters. The van der Waals surface area contributed by atoms with Gasteiger partial charge in [-0.2, -0.15) is 0 Å². The number of nitrogens with one attached hydrogen (secondary N) is 1. The van der Waals surface area contributed by atoms with Gasteiger partial charge >= 0.3 is 0 Å². The molecule has 1 aromatic rings. The Hall–Kier alpha value is -1.49. The molecule has 0 saturated carbocycles. The maximum Gasteiger partial charge on any atom is 0.148 e. The van der Waals surface area contributed by atoms with Gasteiger partial charge in [-0.05, 0) is 25.7 Å². The molecular formula is C16H25FN2O2. The van der Waals surface area contributed by atoms with E-state index >= 15 is 0 Å². The van der Waals surface area contributed by atoms with Crippen molar-refractivity contribution < 1.29 is 13.9 Å². The fraction of sp³-hybridized carbons (Fsp3) is 0.625. The summed E-state index contributed by atoms with van der Waals surface area (Å²) in [6.07, 6.45) is 3.68. The van der Waals surface area contributed by atoms with Crippen LogP contribution >= 0.6 is 0 Å². The molecule has 0 bridgehead atoms. The molecule has 0 aliphatic carbocycles. The summed E-state index contributed by atoms with van der Waals surface area (Å²) in [5.41, 5.74) is 6.36. The van der Waals surface area contributed by atoms with Crippen molar-refractivity contribution in [1.29, 1.82) is 0 Å². The molecular weight excluding hydrogens is 271 g/mol. The Balaban J connectivity index is 2.14. The lowest BCUT2D eigenvalue weighted by Crippen LogP contribution is -2.43. The van der Waals surface area contributed by atoms with E-state index in [1.807, 2.05) is 0 Å². The standard InChI is InChI=1S/C16H25FN2O2/c1-4-16(5-2)10-11(6-7-21-16)19-14-9-15(20-3)13(18)8-12(14)17/h8-9,11,19H,4-7,10,18H2,1-3H3. The number of hydrogen-bond acceptors (Lipinski definition) is 4. The summed E-state index contributed by atoms with van der Waals surface area (Å²) in [5.74, 6) is 0.140. The van der Waals surface area contributed by atoms with Crippen molar-refractivity contribution in [3.05, 3.63) is 17.9 Å². The normalized spacial score (nSPS) is 21.0. The zero-order valence-electron chi connectivity index (χ0n) is 13.0. The molecule has 1 aromatic carbocycles. The summed E-state index contributed by atoms with van der Waals surface area (Å²) in [4.78, 5) is 0. The fourth-order valence-electron chi connectivity index (χ4n) is 2.97. The van der Waals surface area contributed by atoms with Crippen molar-refractivity contribution in [2.75, 3.05) is 24.8 Å². The van der Waals surface area contributed by atoms with Crippen LogP contribution < -0.4 is 15.8 Å². The van der Waals surface area contributed by atoms with Crippen LogP contribution in [-0.2, 0) is 4.74 Å². The first-order valence-electron chi connectivity index (χ1n) is 7.57. The van der Waals surface area contributed by atoms with Crippen molar-refractivity contribution in [1.82, 2.24) is 0 Å². The van der Waals surface area contributed by atoms with E-state index in [2.05, 4.69) is 19.2 Å². The van der Waals surface area contributed by atoms with Crippen LogP contribution in [-0.4, -0.2) is 25.4 Å². The molecule has 1 aliphatic rings. The number of benzene rings is 1. The molecule has 21 heavy (non-hydrogen) atoms. The molecule has 3 N–H and O–H groups in total. The molecule has 1 fully saturated rings. The Bertz CT molecular complexity index is 489. The monoisotopic (exact) mass is 296 g/mol. The van der Waals surface area contributed by atoms with E-state index in [0.29, 0.717) is 23.7 Å². The highest BCUT2D eigenvalue weighted by molar-refractivity contribution is 5.62. The van der Waals surface area contributed by atoms with Crippen molar-refractivity contribution in [3.63, 3.8) is 0 Å². The third-order valence-corrected chi connectivity index (χ3v) is 4.46. The lowest BCUT2D eigenvalue weighted by Gasteiger charge is -2.40. The molecule has 1 heterocycles. The van der Waals surface area contributed by atoms with Gasteiger partial charge in [-0.1, -0.05) is 13.8 Å².